The number of carbonyl (C=O) groups excluding carboxylic acids is 2. The Hall–Kier alpha value is -3.69. The van der Waals surface area contributed by atoms with Gasteiger partial charge in [0, 0.05) is 16.8 Å². The average Bonchev–Trinajstić information content (AvgIpc) is 3.19. The Morgan fingerprint density at radius 3 is 2.63 bits per heavy atom. The topological polar surface area (TPSA) is 94.5 Å². The SMILES string of the molecule is O=C(CSc1nc2cc(Cl)ccc2n1Cc1ccccc1)NC(=O)Nc1ccc2c(c1)OCCO2. The zero-order valence-corrected chi connectivity index (χ0v) is 20.1. The molecule has 1 aliphatic rings. The number of imidazole rings is 1. The largest absolute Gasteiger partial charge is 0.486 e. The minimum absolute atomic E-state index is 0.0143. The molecule has 4 aromatic rings. The number of nitrogens with zero attached hydrogens (tertiary/aromatic N) is 2. The third-order valence-corrected chi connectivity index (χ3v) is 6.46. The smallest absolute Gasteiger partial charge is 0.325 e. The van der Waals surface area contributed by atoms with Crippen LogP contribution in [0.5, 0.6) is 11.5 Å². The molecule has 3 amide bonds. The Morgan fingerprint density at radius 2 is 1.80 bits per heavy atom. The summed E-state index contributed by atoms with van der Waals surface area (Å²) in [6, 6.07) is 19.9. The maximum atomic E-state index is 12.5. The quantitative estimate of drug-likeness (QED) is 0.358. The third-order valence-electron chi connectivity index (χ3n) is 5.24. The van der Waals surface area contributed by atoms with Gasteiger partial charge in [0.25, 0.3) is 0 Å². The highest BCUT2D eigenvalue weighted by Crippen LogP contribution is 2.32. The van der Waals surface area contributed by atoms with Gasteiger partial charge in [-0.05, 0) is 35.9 Å². The van der Waals surface area contributed by atoms with Crippen molar-refractivity contribution in [1.29, 1.82) is 0 Å². The second-order valence-electron chi connectivity index (χ2n) is 7.75. The number of amides is 3. The lowest BCUT2D eigenvalue weighted by atomic mass is 10.2. The van der Waals surface area contributed by atoms with Crippen molar-refractivity contribution in [3.05, 3.63) is 77.3 Å². The first-order valence-corrected chi connectivity index (χ1v) is 12.2. The Balaban J connectivity index is 1.24. The maximum Gasteiger partial charge on any atom is 0.325 e. The summed E-state index contributed by atoms with van der Waals surface area (Å²) in [6.07, 6.45) is 0. The number of fused-ring (bicyclic) bond motifs is 2. The summed E-state index contributed by atoms with van der Waals surface area (Å²) in [6.45, 7) is 1.52. The van der Waals surface area contributed by atoms with Crippen molar-refractivity contribution >= 4 is 52.0 Å². The lowest BCUT2D eigenvalue weighted by Crippen LogP contribution is -2.35. The molecule has 0 saturated carbocycles. The fraction of sp³-hybridized carbons (Fsp3) is 0.160. The molecule has 1 aliphatic heterocycles. The van der Waals surface area contributed by atoms with Gasteiger partial charge in [-0.1, -0.05) is 53.7 Å². The molecule has 35 heavy (non-hydrogen) atoms. The molecule has 1 aromatic heterocycles. The average molecular weight is 509 g/mol. The van der Waals surface area contributed by atoms with E-state index in [4.69, 9.17) is 21.1 Å². The minimum Gasteiger partial charge on any atom is -0.486 e. The summed E-state index contributed by atoms with van der Waals surface area (Å²) in [5.41, 5.74) is 3.26. The fourth-order valence-corrected chi connectivity index (χ4v) is 4.67. The van der Waals surface area contributed by atoms with E-state index < -0.39 is 11.9 Å². The van der Waals surface area contributed by atoms with Crippen LogP contribution < -0.4 is 20.1 Å². The van der Waals surface area contributed by atoms with Crippen molar-refractivity contribution in [2.24, 2.45) is 0 Å². The summed E-state index contributed by atoms with van der Waals surface area (Å²) in [5.74, 6) is 0.740. The lowest BCUT2D eigenvalue weighted by molar-refractivity contribution is -0.117. The zero-order valence-electron chi connectivity index (χ0n) is 18.5. The molecule has 178 valence electrons. The van der Waals surface area contributed by atoms with Crippen molar-refractivity contribution < 1.29 is 19.1 Å². The molecule has 0 saturated heterocycles. The molecular formula is C25H21ClN4O4S. The van der Waals surface area contributed by atoms with Crippen LogP contribution in [0.15, 0.2) is 71.9 Å². The lowest BCUT2D eigenvalue weighted by Gasteiger charge is -2.19. The molecule has 0 unspecified atom stereocenters. The first-order chi connectivity index (χ1) is 17.0. The predicted octanol–water partition coefficient (Wildman–Crippen LogP) is 4.95. The van der Waals surface area contributed by atoms with Gasteiger partial charge in [0.15, 0.2) is 16.7 Å². The minimum atomic E-state index is -0.628. The Morgan fingerprint density at radius 1 is 1.00 bits per heavy atom. The number of hydrogen-bond donors (Lipinski definition) is 2. The highest BCUT2D eigenvalue weighted by atomic mass is 35.5. The molecule has 0 radical (unpaired) electrons. The van der Waals surface area contributed by atoms with E-state index in [-0.39, 0.29) is 5.75 Å². The monoisotopic (exact) mass is 508 g/mol. The number of carbonyl (C=O) groups is 2. The van der Waals surface area contributed by atoms with Gasteiger partial charge in [-0.15, -0.1) is 0 Å². The molecule has 0 aliphatic carbocycles. The number of ether oxygens (including phenoxy) is 2. The van der Waals surface area contributed by atoms with Crippen LogP contribution in [0.1, 0.15) is 5.56 Å². The molecular weight excluding hydrogens is 488 g/mol. The number of urea groups is 1. The Kier molecular flexibility index (Phi) is 6.78. The van der Waals surface area contributed by atoms with Crippen molar-refractivity contribution in [2.75, 3.05) is 24.3 Å². The van der Waals surface area contributed by atoms with Gasteiger partial charge in [0.05, 0.1) is 23.3 Å². The Labute approximate surface area is 210 Å². The highest BCUT2D eigenvalue weighted by Gasteiger charge is 2.16. The van der Waals surface area contributed by atoms with Gasteiger partial charge in [0.1, 0.15) is 13.2 Å². The molecule has 2 N–H and O–H groups in total. The number of rotatable bonds is 6. The second kappa shape index (κ2) is 10.3. The van der Waals surface area contributed by atoms with Crippen LogP contribution >= 0.6 is 23.4 Å². The van der Waals surface area contributed by atoms with Gasteiger partial charge < -0.3 is 19.4 Å². The molecule has 2 heterocycles. The first-order valence-electron chi connectivity index (χ1n) is 10.9. The van der Waals surface area contributed by atoms with Crippen LogP contribution in [0, 0.1) is 0 Å². The predicted molar refractivity (Wildman–Crippen MR) is 136 cm³/mol. The van der Waals surface area contributed by atoms with E-state index in [1.807, 2.05) is 47.0 Å². The normalized spacial score (nSPS) is 12.4. The number of imide groups is 1. The number of thioether (sulfide) groups is 1. The molecule has 0 fully saturated rings. The fourth-order valence-electron chi connectivity index (χ4n) is 3.69. The van der Waals surface area contributed by atoms with Crippen LogP contribution in [0.3, 0.4) is 0 Å². The van der Waals surface area contributed by atoms with E-state index in [2.05, 4.69) is 15.6 Å². The summed E-state index contributed by atoms with van der Waals surface area (Å²) >= 11 is 7.40. The van der Waals surface area contributed by atoms with Crippen LogP contribution in [0.2, 0.25) is 5.02 Å². The standard InChI is InChI=1S/C25H21ClN4O4S/c26-17-6-8-20-19(12-17)28-25(30(20)14-16-4-2-1-3-5-16)35-15-23(31)29-24(32)27-18-7-9-21-22(13-18)34-11-10-33-21/h1-9,12-13H,10-11,14-15H2,(H2,27,29,31,32). The Bertz CT molecular complexity index is 1390. The third kappa shape index (κ3) is 5.52. The first kappa shape index (κ1) is 23.1. The van der Waals surface area contributed by atoms with Crippen LogP contribution in [0.4, 0.5) is 10.5 Å². The van der Waals surface area contributed by atoms with Crippen LogP contribution in [-0.2, 0) is 11.3 Å². The molecule has 5 rings (SSSR count). The van der Waals surface area contributed by atoms with Gasteiger partial charge in [-0.3, -0.25) is 10.1 Å². The summed E-state index contributed by atoms with van der Waals surface area (Å²) < 4.78 is 13.0. The zero-order chi connectivity index (χ0) is 24.2. The van der Waals surface area contributed by atoms with Crippen molar-refractivity contribution in [3.8, 4) is 11.5 Å². The van der Waals surface area contributed by atoms with E-state index in [0.29, 0.717) is 47.1 Å². The van der Waals surface area contributed by atoms with Gasteiger partial charge in [-0.2, -0.15) is 0 Å². The van der Waals surface area contributed by atoms with Crippen LogP contribution in [0.25, 0.3) is 11.0 Å². The molecule has 3 aromatic carbocycles. The van der Waals surface area contributed by atoms with Gasteiger partial charge in [0.2, 0.25) is 5.91 Å². The number of aromatic nitrogens is 2. The van der Waals surface area contributed by atoms with E-state index >= 15 is 0 Å². The van der Waals surface area contributed by atoms with Crippen molar-refractivity contribution in [3.63, 3.8) is 0 Å². The summed E-state index contributed by atoms with van der Waals surface area (Å²) in [4.78, 5) is 29.5. The number of nitrogens with one attached hydrogen (secondary N) is 2. The molecule has 0 bridgehead atoms. The molecule has 10 heteroatoms. The van der Waals surface area contributed by atoms with Gasteiger partial charge in [-0.25, -0.2) is 9.78 Å². The molecule has 0 spiro atoms. The second-order valence-corrected chi connectivity index (χ2v) is 9.13. The van der Waals surface area contributed by atoms with E-state index in [9.17, 15) is 9.59 Å². The maximum absolute atomic E-state index is 12.5. The van der Waals surface area contributed by atoms with Crippen molar-refractivity contribution in [2.45, 2.75) is 11.7 Å². The van der Waals surface area contributed by atoms with Crippen LogP contribution in [-0.4, -0.2) is 40.5 Å². The number of benzene rings is 3. The van der Waals surface area contributed by atoms with E-state index in [1.54, 1.807) is 24.3 Å². The van der Waals surface area contributed by atoms with Gasteiger partial charge >= 0.3 is 6.03 Å². The van der Waals surface area contributed by atoms with E-state index in [0.717, 1.165) is 16.6 Å². The molecule has 0 atom stereocenters. The number of halogens is 1. The molecule has 8 nitrogen and oxygen atoms in total. The number of hydrogen-bond acceptors (Lipinski definition) is 6. The van der Waals surface area contributed by atoms with E-state index in [1.165, 1.54) is 11.8 Å². The van der Waals surface area contributed by atoms with Crippen molar-refractivity contribution in [1.82, 2.24) is 14.9 Å². The summed E-state index contributed by atoms with van der Waals surface area (Å²) in [5, 5.41) is 6.24. The number of anilines is 1. The summed E-state index contributed by atoms with van der Waals surface area (Å²) in [7, 11) is 0. The highest BCUT2D eigenvalue weighted by molar-refractivity contribution is 7.99.